The number of hydrogen-bond donors (Lipinski definition) is 3. The molecule has 0 fully saturated rings. The first-order chi connectivity index (χ1) is 11.7. The van der Waals surface area contributed by atoms with E-state index < -0.39 is 10.0 Å². The molecule has 0 aliphatic rings. The van der Waals surface area contributed by atoms with Crippen molar-refractivity contribution in [1.29, 1.82) is 0 Å². The van der Waals surface area contributed by atoms with Crippen LogP contribution in [0.25, 0.3) is 0 Å². The van der Waals surface area contributed by atoms with E-state index in [9.17, 15) is 8.42 Å². The molecule has 0 aromatic heterocycles. The molecule has 4 N–H and O–H groups in total. The van der Waals surface area contributed by atoms with Gasteiger partial charge in [0.25, 0.3) is 0 Å². The quantitative estimate of drug-likeness (QED) is 0.460. The van der Waals surface area contributed by atoms with Crippen LogP contribution in [0.4, 0.5) is 0 Å². The summed E-state index contributed by atoms with van der Waals surface area (Å²) < 4.78 is 22.5. The molecule has 142 valence electrons. The van der Waals surface area contributed by atoms with Gasteiger partial charge in [0.05, 0.1) is 4.90 Å². The minimum Gasteiger partial charge on any atom is -0.357 e. The molecule has 0 heterocycles. The van der Waals surface area contributed by atoms with Crippen LogP contribution in [0.15, 0.2) is 34.2 Å². The van der Waals surface area contributed by atoms with Gasteiger partial charge in [-0.05, 0) is 56.7 Å². The van der Waals surface area contributed by atoms with Crippen LogP contribution in [-0.4, -0.2) is 33.5 Å². The molecule has 1 unspecified atom stereocenters. The molecule has 1 aromatic carbocycles. The van der Waals surface area contributed by atoms with Crippen molar-refractivity contribution < 1.29 is 8.42 Å². The highest BCUT2D eigenvalue weighted by Crippen LogP contribution is 2.09. The number of nitrogens with zero attached hydrogens (tertiary/aromatic N) is 1. The number of sulfonamides is 1. The Bertz CT molecular complexity index is 640. The Morgan fingerprint density at radius 3 is 2.32 bits per heavy atom. The van der Waals surface area contributed by atoms with Crippen LogP contribution in [0.5, 0.6) is 0 Å². The topological polar surface area (TPSA) is 96.6 Å². The number of benzene rings is 1. The number of nitrogens with one attached hydrogen (secondary N) is 2. The molecular formula is C18H32N4O2S. The molecule has 0 saturated heterocycles. The van der Waals surface area contributed by atoms with Crippen molar-refractivity contribution in [2.75, 3.05) is 13.1 Å². The summed E-state index contributed by atoms with van der Waals surface area (Å²) in [6.45, 7) is 10.1. The SMILES string of the molecule is CCNC(=NCCc1ccc(S(N)(=O)=O)cc1)NC(C)CCC(C)C. The lowest BCUT2D eigenvalue weighted by molar-refractivity contribution is 0.489. The maximum absolute atomic E-state index is 11.3. The Hall–Kier alpha value is -1.60. The van der Waals surface area contributed by atoms with Gasteiger partial charge >= 0.3 is 0 Å². The van der Waals surface area contributed by atoms with E-state index in [0.29, 0.717) is 18.5 Å². The summed E-state index contributed by atoms with van der Waals surface area (Å²) in [4.78, 5) is 4.73. The molecule has 1 rings (SSSR count). The van der Waals surface area contributed by atoms with Crippen LogP contribution in [0.3, 0.4) is 0 Å². The Balaban J connectivity index is 2.57. The Morgan fingerprint density at radius 1 is 1.16 bits per heavy atom. The maximum atomic E-state index is 11.3. The smallest absolute Gasteiger partial charge is 0.238 e. The Labute approximate surface area is 152 Å². The largest absolute Gasteiger partial charge is 0.357 e. The molecule has 6 nitrogen and oxygen atoms in total. The van der Waals surface area contributed by atoms with E-state index >= 15 is 0 Å². The summed E-state index contributed by atoms with van der Waals surface area (Å²) >= 11 is 0. The number of primary sulfonamides is 1. The monoisotopic (exact) mass is 368 g/mol. The summed E-state index contributed by atoms with van der Waals surface area (Å²) in [7, 11) is -3.63. The fourth-order valence-electron chi connectivity index (χ4n) is 2.35. The van der Waals surface area contributed by atoms with Gasteiger partial charge in [0.2, 0.25) is 10.0 Å². The average molecular weight is 369 g/mol. The lowest BCUT2D eigenvalue weighted by Crippen LogP contribution is -2.42. The highest BCUT2D eigenvalue weighted by molar-refractivity contribution is 7.89. The van der Waals surface area contributed by atoms with Crippen LogP contribution < -0.4 is 15.8 Å². The fraction of sp³-hybridized carbons (Fsp3) is 0.611. The molecule has 25 heavy (non-hydrogen) atoms. The van der Waals surface area contributed by atoms with Gasteiger partial charge in [0.15, 0.2) is 5.96 Å². The molecule has 0 radical (unpaired) electrons. The summed E-state index contributed by atoms with van der Waals surface area (Å²) in [5.74, 6) is 1.52. The normalized spacial score (nSPS) is 13.8. The maximum Gasteiger partial charge on any atom is 0.238 e. The second-order valence-corrected chi connectivity index (χ2v) is 8.28. The fourth-order valence-corrected chi connectivity index (χ4v) is 2.87. The van der Waals surface area contributed by atoms with Crippen LogP contribution in [0.2, 0.25) is 0 Å². The second kappa shape index (κ2) is 10.4. The number of nitrogens with two attached hydrogens (primary N) is 1. The predicted octanol–water partition coefficient (Wildman–Crippen LogP) is 2.26. The number of rotatable bonds is 9. The first-order valence-electron chi connectivity index (χ1n) is 8.89. The van der Waals surface area contributed by atoms with Crippen LogP contribution in [0.1, 0.15) is 46.1 Å². The van der Waals surface area contributed by atoms with E-state index in [4.69, 9.17) is 5.14 Å². The van der Waals surface area contributed by atoms with Crippen molar-refractivity contribution in [3.8, 4) is 0 Å². The Morgan fingerprint density at radius 2 is 1.80 bits per heavy atom. The summed E-state index contributed by atoms with van der Waals surface area (Å²) in [5.41, 5.74) is 1.03. The average Bonchev–Trinajstić information content (AvgIpc) is 2.53. The molecule has 7 heteroatoms. The van der Waals surface area contributed by atoms with Gasteiger partial charge in [0, 0.05) is 19.1 Å². The van der Waals surface area contributed by atoms with Gasteiger partial charge in [-0.25, -0.2) is 13.6 Å². The number of hydrogen-bond acceptors (Lipinski definition) is 3. The third kappa shape index (κ3) is 8.88. The van der Waals surface area contributed by atoms with E-state index in [1.807, 2.05) is 6.92 Å². The molecule has 1 atom stereocenters. The van der Waals surface area contributed by atoms with E-state index in [1.165, 1.54) is 18.6 Å². The summed E-state index contributed by atoms with van der Waals surface area (Å²) in [5, 5.41) is 11.8. The molecule has 0 aliphatic carbocycles. The molecule has 0 saturated carbocycles. The molecular weight excluding hydrogens is 336 g/mol. The zero-order valence-electron chi connectivity index (χ0n) is 15.7. The standard InChI is InChI=1S/C18H32N4O2S/c1-5-20-18(22-15(4)7-6-14(2)3)21-13-12-16-8-10-17(11-9-16)25(19,23)24/h8-11,14-15H,5-7,12-13H2,1-4H3,(H2,19,23,24)(H2,20,21,22). The number of aliphatic imine (C=N–C) groups is 1. The lowest BCUT2D eigenvalue weighted by Gasteiger charge is -2.18. The minimum atomic E-state index is -3.63. The van der Waals surface area contributed by atoms with Crippen LogP contribution in [-0.2, 0) is 16.4 Å². The Kier molecular flexibility index (Phi) is 8.92. The van der Waals surface area contributed by atoms with Crippen molar-refractivity contribution in [2.24, 2.45) is 16.0 Å². The van der Waals surface area contributed by atoms with E-state index in [1.54, 1.807) is 12.1 Å². The van der Waals surface area contributed by atoms with Gasteiger partial charge < -0.3 is 10.6 Å². The van der Waals surface area contributed by atoms with Gasteiger partial charge in [-0.3, -0.25) is 4.99 Å². The molecule has 0 amide bonds. The van der Waals surface area contributed by atoms with Crippen molar-refractivity contribution in [1.82, 2.24) is 10.6 Å². The zero-order valence-corrected chi connectivity index (χ0v) is 16.6. The van der Waals surface area contributed by atoms with Crippen molar-refractivity contribution >= 4 is 16.0 Å². The predicted molar refractivity (Wildman–Crippen MR) is 104 cm³/mol. The van der Waals surface area contributed by atoms with Gasteiger partial charge in [0.1, 0.15) is 0 Å². The molecule has 1 aromatic rings. The van der Waals surface area contributed by atoms with Gasteiger partial charge in [-0.1, -0.05) is 26.0 Å². The first kappa shape index (κ1) is 21.4. The van der Waals surface area contributed by atoms with Crippen molar-refractivity contribution in [2.45, 2.75) is 57.9 Å². The highest BCUT2D eigenvalue weighted by atomic mass is 32.2. The molecule has 0 bridgehead atoms. The zero-order chi connectivity index (χ0) is 18.9. The van der Waals surface area contributed by atoms with Crippen LogP contribution in [0, 0.1) is 5.92 Å². The molecule has 0 aliphatic heterocycles. The van der Waals surface area contributed by atoms with E-state index in [0.717, 1.165) is 30.9 Å². The van der Waals surface area contributed by atoms with E-state index in [-0.39, 0.29) is 4.90 Å². The summed E-state index contributed by atoms with van der Waals surface area (Å²) in [6, 6.07) is 6.99. The second-order valence-electron chi connectivity index (χ2n) is 6.72. The van der Waals surface area contributed by atoms with Gasteiger partial charge in [-0.2, -0.15) is 0 Å². The third-order valence-corrected chi connectivity index (χ3v) is 4.76. The highest BCUT2D eigenvalue weighted by Gasteiger charge is 2.08. The minimum absolute atomic E-state index is 0.133. The summed E-state index contributed by atoms with van der Waals surface area (Å²) in [6.07, 6.45) is 3.03. The van der Waals surface area contributed by atoms with Crippen molar-refractivity contribution in [3.05, 3.63) is 29.8 Å². The lowest BCUT2D eigenvalue weighted by atomic mass is 10.0. The number of guanidine groups is 1. The first-order valence-corrected chi connectivity index (χ1v) is 10.4. The van der Waals surface area contributed by atoms with Crippen molar-refractivity contribution in [3.63, 3.8) is 0 Å². The van der Waals surface area contributed by atoms with Crippen LogP contribution >= 0.6 is 0 Å². The van der Waals surface area contributed by atoms with Gasteiger partial charge in [-0.15, -0.1) is 0 Å². The third-order valence-electron chi connectivity index (χ3n) is 3.83. The molecule has 0 spiro atoms. The van der Waals surface area contributed by atoms with E-state index in [2.05, 4.69) is 36.4 Å².